The second-order valence-electron chi connectivity index (χ2n) is 8.53. The molecule has 0 spiro atoms. The number of anilines is 1. The number of benzene rings is 1. The zero-order valence-corrected chi connectivity index (χ0v) is 17.1. The zero-order valence-electron chi connectivity index (χ0n) is 17.1. The maximum atomic E-state index is 5.59. The van der Waals surface area contributed by atoms with E-state index in [-0.39, 0.29) is 0 Å². The largest absolute Gasteiger partial charge is 0.493 e. The Morgan fingerprint density at radius 2 is 1.68 bits per heavy atom. The standard InChI is InChI=1S/C23H31N3O2/c1-27-21-13-18-20(14-22(21)28-2)25-19-6-4-3-5-17(19)23(18)24-15-9-11-26(12-10-15)16-7-8-16/h13-16H,3-12H2,1-2H3,(H,24,25). The van der Waals surface area contributed by atoms with E-state index in [0.29, 0.717) is 6.04 Å². The number of piperidine rings is 1. The van der Waals surface area contributed by atoms with Crippen LogP contribution in [-0.4, -0.2) is 49.3 Å². The van der Waals surface area contributed by atoms with Crippen LogP contribution in [0.1, 0.15) is 49.8 Å². The highest BCUT2D eigenvalue weighted by Crippen LogP contribution is 2.40. The predicted octanol–water partition coefficient (Wildman–Crippen LogP) is 4.17. The fraction of sp³-hybridized carbons (Fsp3) is 0.609. The number of pyridine rings is 1. The molecule has 1 aromatic heterocycles. The molecule has 1 aromatic carbocycles. The van der Waals surface area contributed by atoms with Crippen LogP contribution in [0.15, 0.2) is 12.1 Å². The number of likely N-dealkylation sites (tertiary alicyclic amines) is 1. The normalized spacial score (nSPS) is 20.8. The first-order chi connectivity index (χ1) is 13.8. The lowest BCUT2D eigenvalue weighted by molar-refractivity contribution is 0.210. The first kappa shape index (κ1) is 18.0. The van der Waals surface area contributed by atoms with Gasteiger partial charge in [0.25, 0.3) is 0 Å². The highest BCUT2D eigenvalue weighted by molar-refractivity contribution is 5.96. The van der Waals surface area contributed by atoms with E-state index in [1.165, 1.54) is 73.9 Å². The number of methoxy groups -OCH3 is 2. The molecule has 28 heavy (non-hydrogen) atoms. The molecule has 1 aliphatic heterocycles. The van der Waals surface area contributed by atoms with Crippen molar-refractivity contribution in [2.24, 2.45) is 0 Å². The van der Waals surface area contributed by atoms with E-state index in [1.54, 1.807) is 14.2 Å². The number of rotatable bonds is 5. The number of ether oxygens (including phenoxy) is 2. The summed E-state index contributed by atoms with van der Waals surface area (Å²) in [5.74, 6) is 1.53. The van der Waals surface area contributed by atoms with Gasteiger partial charge >= 0.3 is 0 Å². The van der Waals surface area contributed by atoms with Crippen LogP contribution in [0, 0.1) is 0 Å². The number of nitrogens with one attached hydrogen (secondary N) is 1. The summed E-state index contributed by atoms with van der Waals surface area (Å²) in [5.41, 5.74) is 5.00. The molecule has 3 aliphatic rings. The number of hydrogen-bond acceptors (Lipinski definition) is 5. The van der Waals surface area contributed by atoms with Gasteiger partial charge in [0.05, 0.1) is 19.7 Å². The van der Waals surface area contributed by atoms with Crippen LogP contribution in [0.5, 0.6) is 11.5 Å². The van der Waals surface area contributed by atoms with E-state index in [2.05, 4.69) is 16.3 Å². The topological polar surface area (TPSA) is 46.6 Å². The van der Waals surface area contributed by atoms with E-state index in [4.69, 9.17) is 14.5 Å². The van der Waals surface area contributed by atoms with Crippen molar-refractivity contribution in [1.82, 2.24) is 9.88 Å². The van der Waals surface area contributed by atoms with Crippen molar-refractivity contribution in [3.63, 3.8) is 0 Å². The SMILES string of the molecule is COc1cc2nc3c(c(NC4CCN(C5CC5)CC4)c2cc1OC)CCCC3. The van der Waals surface area contributed by atoms with Crippen molar-refractivity contribution in [2.75, 3.05) is 32.6 Å². The van der Waals surface area contributed by atoms with E-state index >= 15 is 0 Å². The van der Waals surface area contributed by atoms with Crippen molar-refractivity contribution in [2.45, 2.75) is 63.5 Å². The summed E-state index contributed by atoms with van der Waals surface area (Å²) < 4.78 is 11.1. The first-order valence-corrected chi connectivity index (χ1v) is 10.8. The minimum atomic E-state index is 0.541. The molecule has 150 valence electrons. The number of nitrogens with zero attached hydrogens (tertiary/aromatic N) is 2. The smallest absolute Gasteiger partial charge is 0.162 e. The highest BCUT2D eigenvalue weighted by Gasteiger charge is 2.32. The van der Waals surface area contributed by atoms with Gasteiger partial charge in [-0.1, -0.05) is 0 Å². The molecule has 2 aliphatic carbocycles. The summed E-state index contributed by atoms with van der Waals surface area (Å²) in [7, 11) is 3.39. The second-order valence-corrected chi connectivity index (χ2v) is 8.53. The second kappa shape index (κ2) is 7.43. The summed E-state index contributed by atoms with van der Waals surface area (Å²) in [6, 6.07) is 5.56. The van der Waals surface area contributed by atoms with Gasteiger partial charge in [0, 0.05) is 48.0 Å². The number of fused-ring (bicyclic) bond motifs is 2. The third-order valence-corrected chi connectivity index (χ3v) is 6.71. The summed E-state index contributed by atoms with van der Waals surface area (Å²) in [4.78, 5) is 7.70. The van der Waals surface area contributed by atoms with Crippen LogP contribution in [0.4, 0.5) is 5.69 Å². The van der Waals surface area contributed by atoms with Gasteiger partial charge in [-0.3, -0.25) is 4.98 Å². The van der Waals surface area contributed by atoms with Crippen molar-refractivity contribution in [3.05, 3.63) is 23.4 Å². The van der Waals surface area contributed by atoms with E-state index < -0.39 is 0 Å². The molecule has 1 saturated carbocycles. The Bertz CT molecular complexity index is 865. The first-order valence-electron chi connectivity index (χ1n) is 10.8. The number of aromatic nitrogens is 1. The Hall–Kier alpha value is -2.01. The minimum absolute atomic E-state index is 0.541. The Morgan fingerprint density at radius 3 is 2.39 bits per heavy atom. The van der Waals surface area contributed by atoms with Crippen LogP contribution in [0.3, 0.4) is 0 Å². The lowest BCUT2D eigenvalue weighted by atomic mass is 9.91. The zero-order chi connectivity index (χ0) is 19.1. The van der Waals surface area contributed by atoms with Gasteiger partial charge in [-0.15, -0.1) is 0 Å². The summed E-state index contributed by atoms with van der Waals surface area (Å²) in [6.07, 6.45) is 9.94. The van der Waals surface area contributed by atoms with Crippen LogP contribution < -0.4 is 14.8 Å². The average molecular weight is 382 g/mol. The van der Waals surface area contributed by atoms with Crippen LogP contribution in [0.25, 0.3) is 10.9 Å². The molecular formula is C23H31N3O2. The monoisotopic (exact) mass is 381 g/mol. The molecule has 2 fully saturated rings. The van der Waals surface area contributed by atoms with Crippen LogP contribution in [0.2, 0.25) is 0 Å². The van der Waals surface area contributed by atoms with E-state index in [1.807, 2.05) is 6.07 Å². The molecule has 0 unspecified atom stereocenters. The van der Waals surface area contributed by atoms with Crippen molar-refractivity contribution >= 4 is 16.6 Å². The minimum Gasteiger partial charge on any atom is -0.493 e. The van der Waals surface area contributed by atoms with Crippen LogP contribution >= 0.6 is 0 Å². The highest BCUT2D eigenvalue weighted by atomic mass is 16.5. The van der Waals surface area contributed by atoms with Gasteiger partial charge < -0.3 is 19.7 Å². The Morgan fingerprint density at radius 1 is 0.964 bits per heavy atom. The number of hydrogen-bond donors (Lipinski definition) is 1. The third-order valence-electron chi connectivity index (χ3n) is 6.71. The fourth-order valence-corrected chi connectivity index (χ4v) is 4.97. The maximum absolute atomic E-state index is 5.59. The summed E-state index contributed by atoms with van der Waals surface area (Å²) in [5, 5.41) is 5.13. The summed E-state index contributed by atoms with van der Waals surface area (Å²) in [6.45, 7) is 2.45. The van der Waals surface area contributed by atoms with E-state index in [9.17, 15) is 0 Å². The van der Waals surface area contributed by atoms with Crippen molar-refractivity contribution in [3.8, 4) is 11.5 Å². The lowest BCUT2D eigenvalue weighted by Crippen LogP contribution is -2.40. The molecule has 0 bridgehead atoms. The number of aryl methyl sites for hydroxylation is 1. The van der Waals surface area contributed by atoms with E-state index in [0.717, 1.165) is 35.9 Å². The molecule has 5 nitrogen and oxygen atoms in total. The van der Waals surface area contributed by atoms with Gasteiger partial charge in [-0.25, -0.2) is 0 Å². The molecule has 5 heteroatoms. The Kier molecular flexibility index (Phi) is 4.79. The van der Waals surface area contributed by atoms with Gasteiger partial charge in [-0.2, -0.15) is 0 Å². The van der Waals surface area contributed by atoms with Gasteiger partial charge in [0.1, 0.15) is 0 Å². The molecule has 1 N–H and O–H groups in total. The Balaban J connectivity index is 1.51. The van der Waals surface area contributed by atoms with Crippen LogP contribution in [-0.2, 0) is 12.8 Å². The fourth-order valence-electron chi connectivity index (χ4n) is 4.97. The van der Waals surface area contributed by atoms with Gasteiger partial charge in [0.2, 0.25) is 0 Å². The quantitative estimate of drug-likeness (QED) is 0.842. The molecule has 0 atom stereocenters. The molecule has 2 heterocycles. The van der Waals surface area contributed by atoms with Gasteiger partial charge in [-0.05, 0) is 63.0 Å². The van der Waals surface area contributed by atoms with Gasteiger partial charge in [0.15, 0.2) is 11.5 Å². The van der Waals surface area contributed by atoms with Crippen molar-refractivity contribution in [1.29, 1.82) is 0 Å². The summed E-state index contributed by atoms with van der Waals surface area (Å²) >= 11 is 0. The average Bonchev–Trinajstić information content (AvgIpc) is 3.58. The molecule has 2 aromatic rings. The molecule has 0 radical (unpaired) electrons. The maximum Gasteiger partial charge on any atom is 0.162 e. The predicted molar refractivity (Wildman–Crippen MR) is 113 cm³/mol. The van der Waals surface area contributed by atoms with Crippen molar-refractivity contribution < 1.29 is 9.47 Å². The lowest BCUT2D eigenvalue weighted by Gasteiger charge is -2.34. The molecular weight excluding hydrogens is 350 g/mol. The Labute approximate surface area is 167 Å². The molecule has 0 amide bonds. The molecule has 5 rings (SSSR count). The molecule has 1 saturated heterocycles. The third kappa shape index (κ3) is 3.30.